The summed E-state index contributed by atoms with van der Waals surface area (Å²) in [6.07, 6.45) is 3.70. The van der Waals surface area contributed by atoms with Gasteiger partial charge in [-0.2, -0.15) is 0 Å². The topological polar surface area (TPSA) is 38.7 Å². The van der Waals surface area contributed by atoms with E-state index in [1.165, 1.54) is 16.7 Å². The fourth-order valence-corrected chi connectivity index (χ4v) is 3.69. The Kier molecular flexibility index (Phi) is 5.32. The SMILES string of the molecule is COc1ccc2c(c1)CCC2Cl.COc1ccc2c(c1)CCC2O. The molecule has 2 unspecified atom stereocenters. The number of ether oxygens (including phenoxy) is 2. The largest absolute Gasteiger partial charge is 0.497 e. The van der Waals surface area contributed by atoms with Crippen LogP contribution in [0.15, 0.2) is 36.4 Å². The van der Waals surface area contributed by atoms with Crippen LogP contribution in [0.1, 0.15) is 46.6 Å². The number of methoxy groups -OCH3 is 2. The molecule has 2 aromatic rings. The second-order valence-corrected chi connectivity index (χ2v) is 6.72. The summed E-state index contributed by atoms with van der Waals surface area (Å²) in [5, 5.41) is 9.72. The van der Waals surface area contributed by atoms with E-state index < -0.39 is 0 Å². The maximum absolute atomic E-state index is 9.50. The lowest BCUT2D eigenvalue weighted by Crippen LogP contribution is -1.90. The lowest BCUT2D eigenvalue weighted by Gasteiger charge is -2.05. The Bertz CT molecular complexity index is 653. The van der Waals surface area contributed by atoms with E-state index in [1.54, 1.807) is 14.2 Å². The lowest BCUT2D eigenvalue weighted by molar-refractivity contribution is 0.180. The first-order chi connectivity index (χ1) is 11.6. The standard InChI is InChI=1S/C10H11ClO.C10H12O2/c2*1-12-8-3-4-9-7(6-8)2-5-10(9)11/h3-4,6,10H,2,5H2,1H3;3-4,6,10-11H,2,5H2,1H3. The predicted octanol–water partition coefficient (Wildman–Crippen LogP) is 4.60. The summed E-state index contributed by atoms with van der Waals surface area (Å²) >= 11 is 6.10. The van der Waals surface area contributed by atoms with Crippen molar-refractivity contribution in [3.63, 3.8) is 0 Å². The summed E-state index contributed by atoms with van der Waals surface area (Å²) in [5.41, 5.74) is 4.91. The first-order valence-electron chi connectivity index (χ1n) is 8.28. The number of alkyl halides is 1. The number of benzene rings is 2. The third kappa shape index (κ3) is 3.52. The van der Waals surface area contributed by atoms with E-state index in [2.05, 4.69) is 12.1 Å². The number of hydrogen-bond donors (Lipinski definition) is 1. The van der Waals surface area contributed by atoms with Crippen LogP contribution in [0.5, 0.6) is 11.5 Å². The van der Waals surface area contributed by atoms with Crippen LogP contribution in [0, 0.1) is 0 Å². The van der Waals surface area contributed by atoms with Gasteiger partial charge in [0.05, 0.1) is 25.7 Å². The summed E-state index contributed by atoms with van der Waals surface area (Å²) in [4.78, 5) is 0. The second-order valence-electron chi connectivity index (χ2n) is 6.19. The van der Waals surface area contributed by atoms with Crippen LogP contribution < -0.4 is 9.47 Å². The Hall–Kier alpha value is -1.71. The van der Waals surface area contributed by atoms with E-state index in [9.17, 15) is 5.11 Å². The molecule has 0 aromatic heterocycles. The van der Waals surface area contributed by atoms with Gasteiger partial charge in [-0.05, 0) is 72.2 Å². The van der Waals surface area contributed by atoms with Crippen LogP contribution in [0.25, 0.3) is 0 Å². The zero-order valence-corrected chi connectivity index (χ0v) is 14.8. The maximum Gasteiger partial charge on any atom is 0.119 e. The van der Waals surface area contributed by atoms with Crippen molar-refractivity contribution < 1.29 is 14.6 Å². The molecule has 4 rings (SSSR count). The van der Waals surface area contributed by atoms with Crippen molar-refractivity contribution in [3.05, 3.63) is 58.7 Å². The van der Waals surface area contributed by atoms with Gasteiger partial charge in [0.1, 0.15) is 11.5 Å². The minimum atomic E-state index is -0.258. The van der Waals surface area contributed by atoms with Gasteiger partial charge in [-0.25, -0.2) is 0 Å². The third-order valence-electron chi connectivity index (χ3n) is 4.75. The Morgan fingerprint density at radius 2 is 1.42 bits per heavy atom. The quantitative estimate of drug-likeness (QED) is 0.808. The number of hydrogen-bond acceptors (Lipinski definition) is 3. The predicted molar refractivity (Wildman–Crippen MR) is 96.2 cm³/mol. The molecule has 1 N–H and O–H groups in total. The van der Waals surface area contributed by atoms with Crippen molar-refractivity contribution in [1.29, 1.82) is 0 Å². The average Bonchev–Trinajstić information content (AvgIpc) is 3.18. The fourth-order valence-electron chi connectivity index (χ4n) is 3.37. The number of aliphatic hydroxyl groups is 1. The van der Waals surface area contributed by atoms with Crippen LogP contribution in [-0.2, 0) is 12.8 Å². The summed E-state index contributed by atoms with van der Waals surface area (Å²) in [6.45, 7) is 0. The Balaban J connectivity index is 0.000000141. The van der Waals surface area contributed by atoms with Crippen LogP contribution in [0.3, 0.4) is 0 Å². The van der Waals surface area contributed by atoms with Crippen LogP contribution >= 0.6 is 11.6 Å². The van der Waals surface area contributed by atoms with Crippen molar-refractivity contribution in [2.45, 2.75) is 37.2 Å². The molecule has 128 valence electrons. The molecule has 24 heavy (non-hydrogen) atoms. The Morgan fingerprint density at radius 3 is 2.04 bits per heavy atom. The lowest BCUT2D eigenvalue weighted by atomic mass is 10.1. The van der Waals surface area contributed by atoms with Crippen molar-refractivity contribution in [2.24, 2.45) is 0 Å². The molecule has 2 atom stereocenters. The molecule has 0 bridgehead atoms. The molecule has 4 heteroatoms. The van der Waals surface area contributed by atoms with Crippen molar-refractivity contribution >= 4 is 11.6 Å². The Labute approximate surface area is 148 Å². The molecule has 0 saturated carbocycles. The van der Waals surface area contributed by atoms with E-state index in [1.807, 2.05) is 24.3 Å². The monoisotopic (exact) mass is 346 g/mol. The molecule has 0 fully saturated rings. The molecule has 2 aliphatic rings. The van der Waals surface area contributed by atoms with Gasteiger partial charge >= 0.3 is 0 Å². The minimum Gasteiger partial charge on any atom is -0.497 e. The second kappa shape index (κ2) is 7.45. The average molecular weight is 347 g/mol. The zero-order valence-electron chi connectivity index (χ0n) is 14.1. The van der Waals surface area contributed by atoms with Gasteiger partial charge in [0, 0.05) is 0 Å². The first-order valence-corrected chi connectivity index (χ1v) is 8.71. The maximum atomic E-state index is 9.50. The molecular weight excluding hydrogens is 324 g/mol. The molecule has 3 nitrogen and oxygen atoms in total. The molecule has 0 amide bonds. The van der Waals surface area contributed by atoms with Crippen molar-refractivity contribution in [3.8, 4) is 11.5 Å². The highest BCUT2D eigenvalue weighted by Crippen LogP contribution is 2.37. The highest BCUT2D eigenvalue weighted by molar-refractivity contribution is 6.21. The number of halogens is 1. The summed E-state index contributed by atoms with van der Waals surface area (Å²) in [6, 6.07) is 12.0. The van der Waals surface area contributed by atoms with Crippen LogP contribution in [0.4, 0.5) is 0 Å². The highest BCUT2D eigenvalue weighted by Gasteiger charge is 2.20. The van der Waals surface area contributed by atoms with E-state index in [-0.39, 0.29) is 11.5 Å². The van der Waals surface area contributed by atoms with Gasteiger partial charge < -0.3 is 14.6 Å². The normalized spacial score (nSPS) is 20.7. The van der Waals surface area contributed by atoms with Gasteiger partial charge in [-0.3, -0.25) is 0 Å². The molecule has 0 aliphatic heterocycles. The van der Waals surface area contributed by atoms with Crippen molar-refractivity contribution in [2.75, 3.05) is 14.2 Å². The number of aliphatic hydroxyl groups excluding tert-OH is 1. The van der Waals surface area contributed by atoms with Gasteiger partial charge in [0.25, 0.3) is 0 Å². The molecule has 2 aliphatic carbocycles. The smallest absolute Gasteiger partial charge is 0.119 e. The number of fused-ring (bicyclic) bond motifs is 2. The van der Waals surface area contributed by atoms with Gasteiger partial charge in [0.2, 0.25) is 0 Å². The van der Waals surface area contributed by atoms with Gasteiger partial charge in [0.15, 0.2) is 0 Å². The van der Waals surface area contributed by atoms with Crippen LogP contribution in [-0.4, -0.2) is 19.3 Å². The molecule has 0 saturated heterocycles. The third-order valence-corrected chi connectivity index (χ3v) is 5.20. The van der Waals surface area contributed by atoms with Gasteiger partial charge in [-0.15, -0.1) is 11.6 Å². The molecule has 2 aromatic carbocycles. The summed E-state index contributed by atoms with van der Waals surface area (Å²) in [5.74, 6) is 1.81. The molecule has 0 radical (unpaired) electrons. The van der Waals surface area contributed by atoms with E-state index in [0.717, 1.165) is 42.7 Å². The highest BCUT2D eigenvalue weighted by atomic mass is 35.5. The van der Waals surface area contributed by atoms with E-state index in [4.69, 9.17) is 21.1 Å². The summed E-state index contributed by atoms with van der Waals surface area (Å²) in [7, 11) is 3.35. The van der Waals surface area contributed by atoms with E-state index >= 15 is 0 Å². The van der Waals surface area contributed by atoms with E-state index in [0.29, 0.717) is 0 Å². The Morgan fingerprint density at radius 1 is 0.875 bits per heavy atom. The number of aryl methyl sites for hydroxylation is 2. The minimum absolute atomic E-state index is 0.214. The molecular formula is C20H23ClO3. The zero-order chi connectivity index (χ0) is 17.1. The van der Waals surface area contributed by atoms with Gasteiger partial charge in [-0.1, -0.05) is 12.1 Å². The first kappa shape index (κ1) is 17.1. The van der Waals surface area contributed by atoms with Crippen molar-refractivity contribution in [1.82, 2.24) is 0 Å². The summed E-state index contributed by atoms with van der Waals surface area (Å²) < 4.78 is 10.2. The molecule has 0 heterocycles. The fraction of sp³-hybridized carbons (Fsp3) is 0.400. The molecule has 0 spiro atoms. The number of rotatable bonds is 2. The van der Waals surface area contributed by atoms with Crippen LogP contribution in [0.2, 0.25) is 0 Å².